The number of anilines is 1. The second kappa shape index (κ2) is 5.73. The maximum atomic E-state index is 9.84. The van der Waals surface area contributed by atoms with Gasteiger partial charge >= 0.3 is 0 Å². The average Bonchev–Trinajstić information content (AvgIpc) is 2.22. The molecule has 0 aliphatic rings. The molecule has 0 aliphatic heterocycles. The van der Waals surface area contributed by atoms with Crippen molar-refractivity contribution in [2.24, 2.45) is 0 Å². The number of nitrogen functional groups attached to an aromatic ring is 1. The molecule has 3 nitrogen and oxygen atoms in total. The summed E-state index contributed by atoms with van der Waals surface area (Å²) in [7, 11) is 0. The molecule has 0 bridgehead atoms. The first-order valence-corrected chi connectivity index (χ1v) is 5.40. The highest BCUT2D eigenvalue weighted by Gasteiger charge is 2.07. The number of nitrogens with two attached hydrogens (primary N) is 1. The SMILES string of the molecule is CCCNCC(O)c1ccc(C)c(N)c1. The van der Waals surface area contributed by atoms with Gasteiger partial charge < -0.3 is 16.2 Å². The van der Waals surface area contributed by atoms with Gasteiger partial charge in [-0.05, 0) is 37.1 Å². The third-order valence-electron chi connectivity index (χ3n) is 2.45. The molecule has 1 aromatic carbocycles. The zero-order valence-electron chi connectivity index (χ0n) is 9.46. The lowest BCUT2D eigenvalue weighted by Gasteiger charge is -2.13. The highest BCUT2D eigenvalue weighted by atomic mass is 16.3. The number of aliphatic hydroxyl groups is 1. The summed E-state index contributed by atoms with van der Waals surface area (Å²) < 4.78 is 0. The molecule has 1 unspecified atom stereocenters. The first-order chi connectivity index (χ1) is 7.15. The van der Waals surface area contributed by atoms with Crippen LogP contribution >= 0.6 is 0 Å². The van der Waals surface area contributed by atoms with E-state index in [0.717, 1.165) is 29.8 Å². The van der Waals surface area contributed by atoms with E-state index in [1.165, 1.54) is 0 Å². The summed E-state index contributed by atoms with van der Waals surface area (Å²) in [5.74, 6) is 0. The lowest BCUT2D eigenvalue weighted by atomic mass is 10.1. The molecule has 84 valence electrons. The van der Waals surface area contributed by atoms with Crippen LogP contribution in [0.2, 0.25) is 0 Å². The van der Waals surface area contributed by atoms with Gasteiger partial charge in [0.2, 0.25) is 0 Å². The number of hydrogen-bond donors (Lipinski definition) is 3. The molecular formula is C12H20N2O. The smallest absolute Gasteiger partial charge is 0.0915 e. The van der Waals surface area contributed by atoms with Crippen molar-refractivity contribution in [3.8, 4) is 0 Å². The third kappa shape index (κ3) is 3.53. The largest absolute Gasteiger partial charge is 0.399 e. The van der Waals surface area contributed by atoms with Crippen LogP contribution in [-0.4, -0.2) is 18.2 Å². The van der Waals surface area contributed by atoms with Gasteiger partial charge in [0.25, 0.3) is 0 Å². The average molecular weight is 208 g/mol. The summed E-state index contributed by atoms with van der Waals surface area (Å²) in [6, 6.07) is 5.70. The van der Waals surface area contributed by atoms with Gasteiger partial charge in [0.15, 0.2) is 0 Å². The van der Waals surface area contributed by atoms with E-state index in [4.69, 9.17) is 5.73 Å². The number of benzene rings is 1. The van der Waals surface area contributed by atoms with E-state index in [2.05, 4.69) is 12.2 Å². The Kier molecular flexibility index (Phi) is 4.59. The Balaban J connectivity index is 2.57. The number of rotatable bonds is 5. The summed E-state index contributed by atoms with van der Waals surface area (Å²) in [6.07, 6.45) is 0.599. The Bertz CT molecular complexity index is 312. The van der Waals surface area contributed by atoms with E-state index in [-0.39, 0.29) is 0 Å². The number of hydrogen-bond acceptors (Lipinski definition) is 3. The van der Waals surface area contributed by atoms with Gasteiger partial charge in [-0.2, -0.15) is 0 Å². The fraction of sp³-hybridized carbons (Fsp3) is 0.500. The fourth-order valence-electron chi connectivity index (χ4n) is 1.40. The number of aliphatic hydroxyl groups excluding tert-OH is 1. The standard InChI is InChI=1S/C12H20N2O/c1-3-6-14-8-12(15)10-5-4-9(2)11(13)7-10/h4-5,7,12,14-15H,3,6,8,13H2,1-2H3. The summed E-state index contributed by atoms with van der Waals surface area (Å²) in [4.78, 5) is 0. The van der Waals surface area contributed by atoms with Crippen molar-refractivity contribution in [1.29, 1.82) is 0 Å². The van der Waals surface area contributed by atoms with Gasteiger partial charge in [-0.15, -0.1) is 0 Å². The minimum absolute atomic E-state index is 0.473. The van der Waals surface area contributed by atoms with Crippen LogP contribution in [0.5, 0.6) is 0 Å². The zero-order valence-corrected chi connectivity index (χ0v) is 9.46. The molecule has 0 saturated carbocycles. The summed E-state index contributed by atoms with van der Waals surface area (Å²) in [5.41, 5.74) is 8.44. The first kappa shape index (κ1) is 12.0. The van der Waals surface area contributed by atoms with Crippen LogP contribution in [0, 0.1) is 6.92 Å². The quantitative estimate of drug-likeness (QED) is 0.509. The zero-order chi connectivity index (χ0) is 11.3. The van der Waals surface area contributed by atoms with Crippen molar-refractivity contribution in [3.05, 3.63) is 29.3 Å². The van der Waals surface area contributed by atoms with Crippen LogP contribution < -0.4 is 11.1 Å². The minimum atomic E-state index is -0.473. The van der Waals surface area contributed by atoms with E-state index in [9.17, 15) is 5.11 Å². The van der Waals surface area contributed by atoms with Crippen LogP contribution in [-0.2, 0) is 0 Å². The van der Waals surface area contributed by atoms with Crippen LogP contribution in [0.1, 0.15) is 30.6 Å². The maximum Gasteiger partial charge on any atom is 0.0915 e. The highest BCUT2D eigenvalue weighted by Crippen LogP contribution is 2.18. The molecule has 0 fully saturated rings. The predicted octanol–water partition coefficient (Wildman–Crippen LogP) is 1.61. The predicted molar refractivity (Wildman–Crippen MR) is 63.7 cm³/mol. The lowest BCUT2D eigenvalue weighted by Crippen LogP contribution is -2.22. The minimum Gasteiger partial charge on any atom is -0.399 e. The molecule has 3 heteroatoms. The van der Waals surface area contributed by atoms with Crippen molar-refractivity contribution in [1.82, 2.24) is 5.32 Å². The molecule has 0 saturated heterocycles. The number of nitrogens with one attached hydrogen (secondary N) is 1. The Labute approximate surface area is 91.3 Å². The number of aryl methyl sites for hydroxylation is 1. The van der Waals surface area contributed by atoms with E-state index in [0.29, 0.717) is 6.54 Å². The molecule has 15 heavy (non-hydrogen) atoms. The van der Waals surface area contributed by atoms with Gasteiger partial charge in [0.05, 0.1) is 6.10 Å². The van der Waals surface area contributed by atoms with Crippen molar-refractivity contribution in [3.63, 3.8) is 0 Å². The molecule has 0 heterocycles. The van der Waals surface area contributed by atoms with Crippen LogP contribution in [0.3, 0.4) is 0 Å². The van der Waals surface area contributed by atoms with E-state index in [1.807, 2.05) is 25.1 Å². The summed E-state index contributed by atoms with van der Waals surface area (Å²) in [6.45, 7) is 5.57. The van der Waals surface area contributed by atoms with Crippen LogP contribution in [0.15, 0.2) is 18.2 Å². The van der Waals surface area contributed by atoms with E-state index in [1.54, 1.807) is 0 Å². The molecule has 0 aliphatic carbocycles. The Morgan fingerprint density at radius 3 is 2.80 bits per heavy atom. The Morgan fingerprint density at radius 2 is 2.20 bits per heavy atom. The molecular weight excluding hydrogens is 188 g/mol. The maximum absolute atomic E-state index is 9.84. The first-order valence-electron chi connectivity index (χ1n) is 5.40. The van der Waals surface area contributed by atoms with Crippen molar-refractivity contribution < 1.29 is 5.11 Å². The van der Waals surface area contributed by atoms with E-state index >= 15 is 0 Å². The second-order valence-electron chi connectivity index (χ2n) is 3.84. The van der Waals surface area contributed by atoms with Gasteiger partial charge in [-0.1, -0.05) is 19.1 Å². The van der Waals surface area contributed by atoms with Crippen molar-refractivity contribution >= 4 is 5.69 Å². The van der Waals surface area contributed by atoms with Crippen molar-refractivity contribution in [2.45, 2.75) is 26.4 Å². The van der Waals surface area contributed by atoms with Gasteiger partial charge in [0, 0.05) is 12.2 Å². The monoisotopic (exact) mass is 208 g/mol. The third-order valence-corrected chi connectivity index (χ3v) is 2.45. The summed E-state index contributed by atoms with van der Waals surface area (Å²) in [5, 5.41) is 13.0. The molecule has 1 aromatic rings. The molecule has 0 amide bonds. The molecule has 0 spiro atoms. The molecule has 1 atom stereocenters. The van der Waals surface area contributed by atoms with E-state index < -0.39 is 6.10 Å². The van der Waals surface area contributed by atoms with Crippen molar-refractivity contribution in [2.75, 3.05) is 18.8 Å². The van der Waals surface area contributed by atoms with Gasteiger partial charge in [-0.3, -0.25) is 0 Å². The fourth-order valence-corrected chi connectivity index (χ4v) is 1.40. The molecule has 0 radical (unpaired) electrons. The lowest BCUT2D eigenvalue weighted by molar-refractivity contribution is 0.175. The van der Waals surface area contributed by atoms with Gasteiger partial charge in [-0.25, -0.2) is 0 Å². The topological polar surface area (TPSA) is 58.3 Å². The summed E-state index contributed by atoms with van der Waals surface area (Å²) >= 11 is 0. The highest BCUT2D eigenvalue weighted by molar-refractivity contribution is 5.48. The van der Waals surface area contributed by atoms with Gasteiger partial charge in [0.1, 0.15) is 0 Å². The normalized spacial score (nSPS) is 12.7. The Hall–Kier alpha value is -1.06. The molecule has 4 N–H and O–H groups in total. The molecule has 0 aromatic heterocycles. The Morgan fingerprint density at radius 1 is 1.47 bits per heavy atom. The second-order valence-corrected chi connectivity index (χ2v) is 3.84. The van der Waals surface area contributed by atoms with Crippen LogP contribution in [0.4, 0.5) is 5.69 Å². The molecule has 1 rings (SSSR count). The van der Waals surface area contributed by atoms with Crippen LogP contribution in [0.25, 0.3) is 0 Å².